The molecule has 1 aliphatic heterocycles. The van der Waals surface area contributed by atoms with E-state index in [2.05, 4.69) is 32.8 Å². The zero-order chi connectivity index (χ0) is 17.1. The lowest BCUT2D eigenvalue weighted by atomic mass is 9.92. The normalized spacial score (nSPS) is 17.0. The molecule has 6 heteroatoms. The Morgan fingerprint density at radius 3 is 2.30 bits per heavy atom. The minimum Gasteiger partial charge on any atom is -0.357 e. The van der Waals surface area contributed by atoms with Crippen molar-refractivity contribution >= 4 is 11.9 Å². The second kappa shape index (κ2) is 10.5. The molecule has 23 heavy (non-hydrogen) atoms. The third kappa shape index (κ3) is 7.68. The quantitative estimate of drug-likeness (QED) is 0.463. The van der Waals surface area contributed by atoms with Crippen molar-refractivity contribution in [2.75, 3.05) is 45.8 Å². The van der Waals surface area contributed by atoms with E-state index >= 15 is 0 Å². The van der Waals surface area contributed by atoms with Crippen LogP contribution in [0, 0.1) is 5.41 Å². The lowest BCUT2D eigenvalue weighted by Crippen LogP contribution is -2.44. The number of likely N-dealkylation sites (tertiary alicyclic amines) is 1. The van der Waals surface area contributed by atoms with Gasteiger partial charge in [0.25, 0.3) is 0 Å². The van der Waals surface area contributed by atoms with Crippen LogP contribution in [0.1, 0.15) is 47.0 Å². The number of carbonyl (C=O) groups is 1. The van der Waals surface area contributed by atoms with E-state index in [-0.39, 0.29) is 5.91 Å². The number of guanidine groups is 1. The molecule has 0 saturated carbocycles. The van der Waals surface area contributed by atoms with Gasteiger partial charge in [-0.25, -0.2) is 0 Å². The molecular formula is C17H35N5O. The van der Waals surface area contributed by atoms with Gasteiger partial charge < -0.3 is 20.9 Å². The van der Waals surface area contributed by atoms with Crippen LogP contribution in [-0.2, 0) is 4.79 Å². The first-order valence-electron chi connectivity index (χ1n) is 9.02. The fourth-order valence-corrected chi connectivity index (χ4v) is 2.61. The van der Waals surface area contributed by atoms with Crippen LogP contribution in [-0.4, -0.2) is 62.6 Å². The number of hydrogen-bond acceptors (Lipinski definition) is 3. The van der Waals surface area contributed by atoms with Gasteiger partial charge in [-0.1, -0.05) is 6.42 Å². The van der Waals surface area contributed by atoms with Crippen molar-refractivity contribution in [2.45, 2.75) is 47.0 Å². The Bertz CT molecular complexity index is 375. The van der Waals surface area contributed by atoms with Crippen LogP contribution < -0.4 is 16.0 Å². The molecule has 1 saturated heterocycles. The van der Waals surface area contributed by atoms with Crippen molar-refractivity contribution in [1.82, 2.24) is 20.9 Å². The second-order valence-corrected chi connectivity index (χ2v) is 6.77. The van der Waals surface area contributed by atoms with Crippen LogP contribution in [0.15, 0.2) is 4.99 Å². The molecule has 134 valence electrons. The Morgan fingerprint density at radius 1 is 1.04 bits per heavy atom. The lowest BCUT2D eigenvalue weighted by molar-refractivity contribution is -0.128. The number of hydrogen-bond donors (Lipinski definition) is 3. The van der Waals surface area contributed by atoms with Gasteiger partial charge in [-0.2, -0.15) is 0 Å². The summed E-state index contributed by atoms with van der Waals surface area (Å²) in [5, 5.41) is 9.50. The molecule has 0 aromatic carbocycles. The molecule has 0 aliphatic carbocycles. The second-order valence-electron chi connectivity index (χ2n) is 6.77. The highest BCUT2D eigenvalue weighted by molar-refractivity contribution is 5.83. The van der Waals surface area contributed by atoms with E-state index < -0.39 is 5.41 Å². The summed E-state index contributed by atoms with van der Waals surface area (Å²) < 4.78 is 0. The molecule has 1 fully saturated rings. The largest absolute Gasteiger partial charge is 0.357 e. The first-order chi connectivity index (χ1) is 11.0. The Balaban J connectivity index is 2.43. The molecule has 0 unspecified atom stereocenters. The fraction of sp³-hybridized carbons (Fsp3) is 0.882. The Hall–Kier alpha value is -1.30. The van der Waals surface area contributed by atoms with Gasteiger partial charge in [-0.15, -0.1) is 0 Å². The molecule has 0 spiro atoms. The average molecular weight is 326 g/mol. The van der Waals surface area contributed by atoms with Crippen LogP contribution in [0.5, 0.6) is 0 Å². The van der Waals surface area contributed by atoms with Crippen molar-refractivity contribution in [1.29, 1.82) is 0 Å². The SMILES string of the molecule is CCNC(=O)C(C)(C)CN=C(NCC)NCCN1CCCCC1. The van der Waals surface area contributed by atoms with Crippen LogP contribution >= 0.6 is 0 Å². The number of nitrogens with one attached hydrogen (secondary N) is 3. The van der Waals surface area contributed by atoms with Gasteiger partial charge in [0.1, 0.15) is 0 Å². The maximum absolute atomic E-state index is 12.0. The van der Waals surface area contributed by atoms with Crippen molar-refractivity contribution in [2.24, 2.45) is 10.4 Å². The van der Waals surface area contributed by atoms with E-state index in [1.807, 2.05) is 20.8 Å². The maximum atomic E-state index is 12.0. The molecule has 0 atom stereocenters. The molecule has 0 bridgehead atoms. The molecule has 0 aromatic rings. The van der Waals surface area contributed by atoms with Gasteiger partial charge >= 0.3 is 0 Å². The van der Waals surface area contributed by atoms with E-state index in [9.17, 15) is 4.79 Å². The molecule has 1 aliphatic rings. The summed E-state index contributed by atoms with van der Waals surface area (Å²) in [4.78, 5) is 19.1. The van der Waals surface area contributed by atoms with Gasteiger partial charge in [0, 0.05) is 26.2 Å². The third-order valence-electron chi connectivity index (χ3n) is 4.10. The molecule has 0 radical (unpaired) electrons. The highest BCUT2D eigenvalue weighted by Crippen LogP contribution is 2.15. The smallest absolute Gasteiger partial charge is 0.227 e. The molecule has 6 nitrogen and oxygen atoms in total. The average Bonchev–Trinajstić information content (AvgIpc) is 2.54. The van der Waals surface area contributed by atoms with Gasteiger partial charge in [0.2, 0.25) is 5.91 Å². The molecule has 1 amide bonds. The molecular weight excluding hydrogens is 290 g/mol. The zero-order valence-electron chi connectivity index (χ0n) is 15.4. The minimum atomic E-state index is -0.495. The van der Waals surface area contributed by atoms with E-state index in [0.717, 1.165) is 25.6 Å². The fourth-order valence-electron chi connectivity index (χ4n) is 2.61. The molecule has 1 heterocycles. The summed E-state index contributed by atoms with van der Waals surface area (Å²) in [6.07, 6.45) is 3.99. The van der Waals surface area contributed by atoms with Gasteiger partial charge in [-0.3, -0.25) is 9.79 Å². The number of carbonyl (C=O) groups excluding carboxylic acids is 1. The predicted octanol–water partition coefficient (Wildman–Crippen LogP) is 1.19. The van der Waals surface area contributed by atoms with Crippen molar-refractivity contribution in [3.8, 4) is 0 Å². The highest BCUT2D eigenvalue weighted by Gasteiger charge is 2.26. The van der Waals surface area contributed by atoms with E-state index in [4.69, 9.17) is 0 Å². The van der Waals surface area contributed by atoms with Crippen LogP contribution in [0.25, 0.3) is 0 Å². The minimum absolute atomic E-state index is 0.0490. The summed E-state index contributed by atoms with van der Waals surface area (Å²) in [5.74, 6) is 0.842. The standard InChI is InChI=1S/C17H35N5O/c1-5-18-15(23)17(3,4)14-21-16(19-6-2)20-10-13-22-11-8-7-9-12-22/h5-14H2,1-4H3,(H,18,23)(H2,19,20,21). The highest BCUT2D eigenvalue weighted by atomic mass is 16.2. The summed E-state index contributed by atoms with van der Waals surface area (Å²) in [6.45, 7) is 14.1. The maximum Gasteiger partial charge on any atom is 0.227 e. The van der Waals surface area contributed by atoms with E-state index in [1.165, 1.54) is 32.4 Å². The predicted molar refractivity (Wildman–Crippen MR) is 96.7 cm³/mol. The summed E-state index contributed by atoms with van der Waals surface area (Å²) in [6, 6.07) is 0. The Morgan fingerprint density at radius 2 is 1.70 bits per heavy atom. The number of aliphatic imine (C=N–C) groups is 1. The number of piperidine rings is 1. The first-order valence-corrected chi connectivity index (χ1v) is 9.02. The molecule has 0 aromatic heterocycles. The lowest BCUT2D eigenvalue weighted by Gasteiger charge is -2.27. The van der Waals surface area contributed by atoms with Gasteiger partial charge in [0.05, 0.1) is 12.0 Å². The number of rotatable bonds is 8. The number of nitrogens with zero attached hydrogens (tertiary/aromatic N) is 2. The first kappa shape index (κ1) is 19.7. The van der Waals surface area contributed by atoms with Crippen LogP contribution in [0.2, 0.25) is 0 Å². The summed E-state index contributed by atoms with van der Waals surface area (Å²) >= 11 is 0. The van der Waals surface area contributed by atoms with Crippen LogP contribution in [0.4, 0.5) is 0 Å². The van der Waals surface area contributed by atoms with E-state index in [0.29, 0.717) is 13.1 Å². The van der Waals surface area contributed by atoms with Crippen molar-refractivity contribution in [3.05, 3.63) is 0 Å². The van der Waals surface area contributed by atoms with Crippen molar-refractivity contribution < 1.29 is 4.79 Å². The van der Waals surface area contributed by atoms with Gasteiger partial charge in [0.15, 0.2) is 5.96 Å². The van der Waals surface area contributed by atoms with Gasteiger partial charge in [-0.05, 0) is 53.6 Å². The zero-order valence-corrected chi connectivity index (χ0v) is 15.4. The molecule has 3 N–H and O–H groups in total. The Kier molecular flexibility index (Phi) is 8.99. The third-order valence-corrected chi connectivity index (χ3v) is 4.10. The van der Waals surface area contributed by atoms with E-state index in [1.54, 1.807) is 0 Å². The number of amides is 1. The monoisotopic (exact) mass is 325 g/mol. The Labute approximate surface area is 141 Å². The summed E-state index contributed by atoms with van der Waals surface area (Å²) in [7, 11) is 0. The van der Waals surface area contributed by atoms with Crippen LogP contribution in [0.3, 0.4) is 0 Å². The molecule has 1 rings (SSSR count). The van der Waals surface area contributed by atoms with Crippen molar-refractivity contribution in [3.63, 3.8) is 0 Å². The topological polar surface area (TPSA) is 68.8 Å². The summed E-state index contributed by atoms with van der Waals surface area (Å²) in [5.41, 5.74) is -0.495.